The van der Waals surface area contributed by atoms with Crippen LogP contribution in [-0.2, 0) is 6.54 Å². The second-order valence-corrected chi connectivity index (χ2v) is 5.80. The zero-order valence-corrected chi connectivity index (χ0v) is 14.4. The molecule has 0 saturated carbocycles. The number of amides is 3. The third kappa shape index (κ3) is 5.15. The summed E-state index contributed by atoms with van der Waals surface area (Å²) in [6.45, 7) is 0.0724. The molecule has 0 bridgehead atoms. The summed E-state index contributed by atoms with van der Waals surface area (Å²) in [5.74, 6) is -0.611. The van der Waals surface area contributed by atoms with Gasteiger partial charge < -0.3 is 16.0 Å². The topological polar surface area (TPSA) is 70.2 Å². The molecule has 0 saturated heterocycles. The summed E-state index contributed by atoms with van der Waals surface area (Å²) in [6.07, 6.45) is 0. The molecule has 3 amide bonds. The average Bonchev–Trinajstić information content (AvgIpc) is 2.68. The average molecular weight is 363 g/mol. The predicted octanol–water partition coefficient (Wildman–Crippen LogP) is 4.40. The highest BCUT2D eigenvalue weighted by molar-refractivity contribution is 6.04. The predicted molar refractivity (Wildman–Crippen MR) is 103 cm³/mol. The number of rotatable bonds is 5. The maximum Gasteiger partial charge on any atom is 0.319 e. The van der Waals surface area contributed by atoms with Gasteiger partial charge in [0.2, 0.25) is 0 Å². The highest BCUT2D eigenvalue weighted by atomic mass is 19.1. The Kier molecular flexibility index (Phi) is 5.79. The molecule has 0 radical (unpaired) electrons. The van der Waals surface area contributed by atoms with Crippen molar-refractivity contribution in [3.63, 3.8) is 0 Å². The zero-order chi connectivity index (χ0) is 19.1. The number of hydrogen-bond donors (Lipinski definition) is 3. The molecule has 0 aliphatic heterocycles. The second-order valence-electron chi connectivity index (χ2n) is 5.80. The molecule has 3 N–H and O–H groups in total. The first-order chi connectivity index (χ1) is 13.1. The van der Waals surface area contributed by atoms with Crippen LogP contribution in [0.2, 0.25) is 0 Å². The normalized spacial score (nSPS) is 10.1. The molecule has 3 aromatic carbocycles. The van der Waals surface area contributed by atoms with Gasteiger partial charge in [-0.25, -0.2) is 9.18 Å². The monoisotopic (exact) mass is 363 g/mol. The molecule has 6 heteroatoms. The lowest BCUT2D eigenvalue weighted by Crippen LogP contribution is -2.28. The number of halogens is 1. The van der Waals surface area contributed by atoms with Gasteiger partial charge in [0.1, 0.15) is 5.82 Å². The van der Waals surface area contributed by atoms with Gasteiger partial charge in [-0.2, -0.15) is 0 Å². The molecule has 3 aromatic rings. The van der Waals surface area contributed by atoms with Crippen molar-refractivity contribution in [2.75, 3.05) is 10.6 Å². The van der Waals surface area contributed by atoms with Crippen molar-refractivity contribution in [1.82, 2.24) is 5.32 Å². The van der Waals surface area contributed by atoms with Gasteiger partial charge >= 0.3 is 6.03 Å². The fourth-order valence-electron chi connectivity index (χ4n) is 2.46. The smallest absolute Gasteiger partial charge is 0.319 e. The molecule has 5 nitrogen and oxygen atoms in total. The van der Waals surface area contributed by atoms with Gasteiger partial charge in [-0.05, 0) is 36.4 Å². The first-order valence-electron chi connectivity index (χ1n) is 8.36. The number of carbonyl (C=O) groups excluding carboxylic acids is 2. The molecule has 27 heavy (non-hydrogen) atoms. The summed E-state index contributed by atoms with van der Waals surface area (Å²) < 4.78 is 13.6. The highest BCUT2D eigenvalue weighted by Gasteiger charge is 2.07. The minimum atomic E-state index is -0.468. The summed E-state index contributed by atoms with van der Waals surface area (Å²) in [6, 6.07) is 21.4. The van der Waals surface area contributed by atoms with Crippen molar-refractivity contribution in [3.8, 4) is 0 Å². The molecule has 0 aliphatic rings. The molecule has 0 unspecified atom stereocenters. The van der Waals surface area contributed by atoms with Crippen LogP contribution in [0.15, 0.2) is 78.9 Å². The standard InChI is InChI=1S/C21H18FN3O2/c22-19-12-5-4-9-16(19)14-23-21(27)25-18-11-6-10-17(13-18)24-20(26)15-7-2-1-3-8-15/h1-13H,14H2,(H,24,26)(H2,23,25,27). The number of carbonyl (C=O) groups is 2. The Morgan fingerprint density at radius 1 is 0.778 bits per heavy atom. The van der Waals surface area contributed by atoms with Gasteiger partial charge in [0.25, 0.3) is 5.91 Å². The van der Waals surface area contributed by atoms with Crippen LogP contribution in [0, 0.1) is 5.82 Å². The molecule has 0 aromatic heterocycles. The molecular formula is C21H18FN3O2. The fourth-order valence-corrected chi connectivity index (χ4v) is 2.46. The van der Waals surface area contributed by atoms with E-state index in [-0.39, 0.29) is 18.3 Å². The van der Waals surface area contributed by atoms with Crippen LogP contribution in [-0.4, -0.2) is 11.9 Å². The van der Waals surface area contributed by atoms with Crippen LogP contribution >= 0.6 is 0 Å². The molecule has 136 valence electrons. The lowest BCUT2D eigenvalue weighted by Gasteiger charge is -2.10. The maximum absolute atomic E-state index is 13.6. The minimum Gasteiger partial charge on any atom is -0.334 e. The zero-order valence-electron chi connectivity index (χ0n) is 14.4. The summed E-state index contributed by atoms with van der Waals surface area (Å²) in [4.78, 5) is 24.2. The van der Waals surface area contributed by atoms with E-state index < -0.39 is 6.03 Å². The van der Waals surface area contributed by atoms with Crippen molar-refractivity contribution < 1.29 is 14.0 Å². The fraction of sp³-hybridized carbons (Fsp3) is 0.0476. The van der Waals surface area contributed by atoms with Crippen molar-refractivity contribution in [2.24, 2.45) is 0 Å². The molecule has 3 rings (SSSR count). The largest absolute Gasteiger partial charge is 0.334 e. The van der Waals surface area contributed by atoms with Crippen LogP contribution in [0.25, 0.3) is 0 Å². The molecular weight excluding hydrogens is 345 g/mol. The van der Waals surface area contributed by atoms with Gasteiger partial charge in [0.15, 0.2) is 0 Å². The Bertz CT molecular complexity index is 945. The molecule has 0 aliphatic carbocycles. The lowest BCUT2D eigenvalue weighted by atomic mass is 10.2. The van der Waals surface area contributed by atoms with E-state index in [4.69, 9.17) is 0 Å². The Morgan fingerprint density at radius 2 is 1.44 bits per heavy atom. The third-order valence-electron chi connectivity index (χ3n) is 3.81. The van der Waals surface area contributed by atoms with Crippen molar-refractivity contribution in [1.29, 1.82) is 0 Å². The Hall–Kier alpha value is -3.67. The van der Waals surface area contributed by atoms with Crippen molar-refractivity contribution >= 4 is 23.3 Å². The van der Waals surface area contributed by atoms with Crippen LogP contribution in [0.5, 0.6) is 0 Å². The first-order valence-corrected chi connectivity index (χ1v) is 8.36. The first kappa shape index (κ1) is 18.1. The number of nitrogens with one attached hydrogen (secondary N) is 3. The van der Waals surface area contributed by atoms with Gasteiger partial charge in [-0.1, -0.05) is 42.5 Å². The number of urea groups is 1. The summed E-state index contributed by atoms with van der Waals surface area (Å²) in [5.41, 5.74) is 2.00. The van der Waals surface area contributed by atoms with E-state index in [9.17, 15) is 14.0 Å². The Balaban J connectivity index is 1.58. The van der Waals surface area contributed by atoms with Gasteiger partial charge in [-0.15, -0.1) is 0 Å². The molecule has 0 spiro atoms. The SMILES string of the molecule is O=C(NCc1ccccc1F)Nc1cccc(NC(=O)c2ccccc2)c1. The second kappa shape index (κ2) is 8.62. The summed E-state index contributed by atoms with van der Waals surface area (Å²) in [5, 5.41) is 8.04. The lowest BCUT2D eigenvalue weighted by molar-refractivity contribution is 0.102. The summed E-state index contributed by atoms with van der Waals surface area (Å²) in [7, 11) is 0. The van der Waals surface area contributed by atoms with E-state index in [0.717, 1.165) is 0 Å². The van der Waals surface area contributed by atoms with E-state index in [0.29, 0.717) is 22.5 Å². The highest BCUT2D eigenvalue weighted by Crippen LogP contribution is 2.16. The number of benzene rings is 3. The van der Waals surface area contributed by atoms with Crippen LogP contribution in [0.4, 0.5) is 20.6 Å². The van der Waals surface area contributed by atoms with Crippen LogP contribution in [0.1, 0.15) is 15.9 Å². The van der Waals surface area contributed by atoms with Gasteiger partial charge in [0, 0.05) is 29.0 Å². The quantitative estimate of drug-likeness (QED) is 0.629. The van der Waals surface area contributed by atoms with Crippen molar-refractivity contribution in [2.45, 2.75) is 6.54 Å². The number of hydrogen-bond acceptors (Lipinski definition) is 2. The van der Waals surface area contributed by atoms with E-state index in [1.165, 1.54) is 6.07 Å². The Labute approximate surface area is 156 Å². The van der Waals surface area contributed by atoms with Crippen molar-refractivity contribution in [3.05, 3.63) is 95.8 Å². The third-order valence-corrected chi connectivity index (χ3v) is 3.81. The van der Waals surface area contributed by atoms with E-state index in [1.807, 2.05) is 6.07 Å². The van der Waals surface area contributed by atoms with E-state index in [1.54, 1.807) is 66.7 Å². The number of anilines is 2. The van der Waals surface area contributed by atoms with Gasteiger partial charge in [0.05, 0.1) is 0 Å². The summed E-state index contributed by atoms with van der Waals surface area (Å²) >= 11 is 0. The van der Waals surface area contributed by atoms with E-state index >= 15 is 0 Å². The van der Waals surface area contributed by atoms with E-state index in [2.05, 4.69) is 16.0 Å². The van der Waals surface area contributed by atoms with Crippen LogP contribution < -0.4 is 16.0 Å². The maximum atomic E-state index is 13.6. The Morgan fingerprint density at radius 3 is 2.19 bits per heavy atom. The van der Waals surface area contributed by atoms with Gasteiger partial charge in [-0.3, -0.25) is 4.79 Å². The minimum absolute atomic E-state index is 0.0724. The van der Waals surface area contributed by atoms with Crippen LogP contribution in [0.3, 0.4) is 0 Å². The molecule has 0 fully saturated rings. The molecule has 0 atom stereocenters. The molecule has 0 heterocycles.